The zero-order valence-electron chi connectivity index (χ0n) is 24.5. The second kappa shape index (κ2) is 9.33. The van der Waals surface area contributed by atoms with Gasteiger partial charge in [0.05, 0.1) is 5.69 Å². The summed E-state index contributed by atoms with van der Waals surface area (Å²) in [6, 6.07) is 46.5. The Morgan fingerprint density at radius 3 is 1.44 bits per heavy atom. The fourth-order valence-corrected chi connectivity index (χ4v) is 7.02. The summed E-state index contributed by atoms with van der Waals surface area (Å²) in [5.74, 6) is 0. The molecule has 0 fully saturated rings. The second-order valence-electron chi connectivity index (χ2n) is 12.3. The first-order valence-corrected chi connectivity index (χ1v) is 14.5. The summed E-state index contributed by atoms with van der Waals surface area (Å²) in [4.78, 5) is 4.92. The van der Waals surface area contributed by atoms with Gasteiger partial charge in [0.1, 0.15) is 0 Å². The van der Waals surface area contributed by atoms with Crippen LogP contribution in [0.25, 0.3) is 32.7 Å². The number of hydrogen-bond acceptors (Lipinski definition) is 2. The minimum atomic E-state index is -0.0577. The molecule has 0 radical (unpaired) electrons. The summed E-state index contributed by atoms with van der Waals surface area (Å²) in [5, 5.41) is 5.01. The van der Waals surface area contributed by atoms with Crippen LogP contribution >= 0.6 is 0 Å². The first-order valence-electron chi connectivity index (χ1n) is 14.5. The zero-order chi connectivity index (χ0) is 28.4. The Morgan fingerprint density at radius 2 is 0.927 bits per heavy atom. The van der Waals surface area contributed by atoms with Crippen LogP contribution in [0.3, 0.4) is 0 Å². The van der Waals surface area contributed by atoms with Gasteiger partial charge in [-0.05, 0) is 98.1 Å². The summed E-state index contributed by atoms with van der Waals surface area (Å²) in [6.07, 6.45) is 0. The first-order chi connectivity index (χ1) is 19.8. The molecule has 202 valence electrons. The Balaban J connectivity index is 1.57. The molecular formula is C39H36N2. The molecule has 0 saturated carbocycles. The van der Waals surface area contributed by atoms with Gasteiger partial charge >= 0.3 is 0 Å². The maximum absolute atomic E-state index is 2.51. The van der Waals surface area contributed by atoms with Gasteiger partial charge in [0.15, 0.2) is 0 Å². The number of para-hydroxylation sites is 2. The third-order valence-corrected chi connectivity index (χ3v) is 9.46. The molecule has 6 aromatic rings. The van der Waals surface area contributed by atoms with Crippen LogP contribution in [0, 0.1) is 0 Å². The molecule has 1 heterocycles. The molecule has 2 heteroatoms. The monoisotopic (exact) mass is 532 g/mol. The predicted octanol–water partition coefficient (Wildman–Crippen LogP) is 10.5. The molecule has 0 spiro atoms. The van der Waals surface area contributed by atoms with E-state index < -0.39 is 0 Å². The lowest BCUT2D eigenvalue weighted by molar-refractivity contribution is 0.0730. The second-order valence-corrected chi connectivity index (χ2v) is 12.3. The quantitative estimate of drug-likeness (QED) is 0.208. The number of rotatable bonds is 4. The normalized spacial score (nSPS) is 15.7. The van der Waals surface area contributed by atoms with E-state index in [1.54, 1.807) is 0 Å². The number of nitrogens with zero attached hydrogens (tertiary/aromatic N) is 2. The van der Waals surface area contributed by atoms with Crippen molar-refractivity contribution in [2.24, 2.45) is 0 Å². The van der Waals surface area contributed by atoms with E-state index in [1.807, 2.05) is 0 Å². The molecule has 41 heavy (non-hydrogen) atoms. The highest BCUT2D eigenvalue weighted by Gasteiger charge is 2.46. The summed E-state index contributed by atoms with van der Waals surface area (Å²) in [6.45, 7) is 9.37. The Hall–Kier alpha value is -4.40. The van der Waals surface area contributed by atoms with Gasteiger partial charge in [-0.15, -0.1) is 0 Å². The van der Waals surface area contributed by atoms with Crippen LogP contribution in [0.5, 0.6) is 0 Å². The predicted molar refractivity (Wildman–Crippen MR) is 175 cm³/mol. The molecule has 0 bridgehead atoms. The van der Waals surface area contributed by atoms with Gasteiger partial charge in [-0.25, -0.2) is 0 Å². The lowest BCUT2D eigenvalue weighted by atomic mass is 9.85. The summed E-state index contributed by atoms with van der Waals surface area (Å²) < 4.78 is 0. The molecule has 0 saturated heterocycles. The number of anilines is 3. The maximum atomic E-state index is 2.51. The molecule has 0 aromatic heterocycles. The van der Waals surface area contributed by atoms with Crippen LogP contribution < -0.4 is 4.90 Å². The number of benzene rings is 6. The highest BCUT2D eigenvalue weighted by atomic mass is 15.2. The highest BCUT2D eigenvalue weighted by molar-refractivity contribution is 6.22. The maximum Gasteiger partial charge on any atom is 0.0618 e. The Morgan fingerprint density at radius 1 is 0.488 bits per heavy atom. The molecule has 7 rings (SSSR count). The molecule has 0 unspecified atom stereocenters. The van der Waals surface area contributed by atoms with Crippen molar-refractivity contribution >= 4 is 38.6 Å². The van der Waals surface area contributed by atoms with E-state index in [-0.39, 0.29) is 11.1 Å². The van der Waals surface area contributed by atoms with Crippen molar-refractivity contribution in [3.8, 4) is 11.1 Å². The van der Waals surface area contributed by atoms with Gasteiger partial charge in [-0.1, -0.05) is 97.1 Å². The van der Waals surface area contributed by atoms with Crippen molar-refractivity contribution in [1.29, 1.82) is 0 Å². The van der Waals surface area contributed by atoms with Crippen molar-refractivity contribution in [1.82, 2.24) is 4.90 Å². The van der Waals surface area contributed by atoms with Crippen LogP contribution in [0.4, 0.5) is 17.1 Å². The van der Waals surface area contributed by atoms with Gasteiger partial charge in [0.25, 0.3) is 0 Å². The standard InChI is InChI=1S/C39H36N2/c1-38(2)34-25-24-27(26-35(34)39(3,4)40(38)5)36-30-20-12-14-22-32(30)37(33-23-15-13-21-31(33)36)41(28-16-8-6-9-17-28)29-18-10-7-11-19-29/h6-26H,1-5H3. The average molecular weight is 533 g/mol. The van der Waals surface area contributed by atoms with Crippen molar-refractivity contribution in [3.05, 3.63) is 139 Å². The summed E-state index contributed by atoms with van der Waals surface area (Å²) in [7, 11) is 2.25. The Kier molecular flexibility index (Phi) is 5.81. The van der Waals surface area contributed by atoms with Crippen LogP contribution in [0.1, 0.15) is 38.8 Å². The van der Waals surface area contributed by atoms with Crippen LogP contribution in [0.2, 0.25) is 0 Å². The molecule has 0 amide bonds. The smallest absolute Gasteiger partial charge is 0.0618 e. The van der Waals surface area contributed by atoms with Gasteiger partial charge in [-0.3, -0.25) is 4.90 Å². The summed E-state index contributed by atoms with van der Waals surface area (Å²) in [5.41, 5.74) is 8.82. The largest absolute Gasteiger partial charge is 0.309 e. The Labute approximate surface area is 243 Å². The Bertz CT molecular complexity index is 1810. The lowest BCUT2D eigenvalue weighted by Crippen LogP contribution is -2.42. The van der Waals surface area contributed by atoms with E-state index in [4.69, 9.17) is 0 Å². The van der Waals surface area contributed by atoms with Crippen LogP contribution in [-0.4, -0.2) is 11.9 Å². The van der Waals surface area contributed by atoms with Gasteiger partial charge < -0.3 is 4.90 Å². The minimum absolute atomic E-state index is 0.0166. The van der Waals surface area contributed by atoms with E-state index in [0.29, 0.717) is 0 Å². The molecule has 0 atom stereocenters. The van der Waals surface area contributed by atoms with Crippen molar-refractivity contribution < 1.29 is 0 Å². The topological polar surface area (TPSA) is 6.48 Å². The van der Waals surface area contributed by atoms with Crippen molar-refractivity contribution in [2.45, 2.75) is 38.8 Å². The van der Waals surface area contributed by atoms with Gasteiger partial charge in [0, 0.05) is 33.2 Å². The van der Waals surface area contributed by atoms with E-state index in [9.17, 15) is 0 Å². The lowest BCUT2D eigenvalue weighted by Gasteiger charge is -2.37. The third-order valence-electron chi connectivity index (χ3n) is 9.46. The number of fused-ring (bicyclic) bond motifs is 3. The average Bonchev–Trinajstić information content (AvgIpc) is 3.14. The van der Waals surface area contributed by atoms with Crippen LogP contribution in [0.15, 0.2) is 127 Å². The fourth-order valence-electron chi connectivity index (χ4n) is 7.02. The van der Waals surface area contributed by atoms with Crippen molar-refractivity contribution in [2.75, 3.05) is 11.9 Å². The molecule has 2 nitrogen and oxygen atoms in total. The highest BCUT2D eigenvalue weighted by Crippen LogP contribution is 2.52. The van der Waals surface area contributed by atoms with E-state index in [1.165, 1.54) is 49.5 Å². The third kappa shape index (κ3) is 3.82. The van der Waals surface area contributed by atoms with E-state index >= 15 is 0 Å². The molecule has 0 aliphatic carbocycles. The van der Waals surface area contributed by atoms with Crippen molar-refractivity contribution in [3.63, 3.8) is 0 Å². The van der Waals surface area contributed by atoms with Gasteiger partial charge in [0.2, 0.25) is 0 Å². The van der Waals surface area contributed by atoms with E-state index in [2.05, 4.69) is 172 Å². The molecule has 6 aromatic carbocycles. The SMILES string of the molecule is CN1C(C)(C)c2ccc(-c3c4ccccc4c(N(c4ccccc4)c4ccccc4)c4ccccc34)cc2C1(C)C. The zero-order valence-corrected chi connectivity index (χ0v) is 24.5. The first kappa shape index (κ1) is 25.6. The van der Waals surface area contributed by atoms with Crippen LogP contribution in [-0.2, 0) is 11.1 Å². The molecular weight excluding hydrogens is 496 g/mol. The molecule has 1 aliphatic heterocycles. The molecule has 1 aliphatic rings. The fraction of sp³-hybridized carbons (Fsp3) is 0.179. The van der Waals surface area contributed by atoms with Gasteiger partial charge in [-0.2, -0.15) is 0 Å². The summed E-state index contributed by atoms with van der Waals surface area (Å²) >= 11 is 0. The minimum Gasteiger partial charge on any atom is -0.309 e. The molecule has 0 N–H and O–H groups in total. The number of hydrogen-bond donors (Lipinski definition) is 0. The van der Waals surface area contributed by atoms with E-state index in [0.717, 1.165) is 11.4 Å².